The van der Waals surface area contributed by atoms with Gasteiger partial charge in [0.2, 0.25) is 0 Å². The van der Waals surface area contributed by atoms with Gasteiger partial charge in [0.05, 0.1) is 6.61 Å². The highest BCUT2D eigenvalue weighted by Crippen LogP contribution is 2.39. The van der Waals surface area contributed by atoms with E-state index < -0.39 is 0 Å². The van der Waals surface area contributed by atoms with Crippen LogP contribution in [0.2, 0.25) is 0 Å². The lowest BCUT2D eigenvalue weighted by molar-refractivity contribution is 0.0759. The van der Waals surface area contributed by atoms with Crippen LogP contribution < -0.4 is 4.74 Å². The van der Waals surface area contributed by atoms with Crippen molar-refractivity contribution in [3.8, 4) is 5.75 Å². The molecule has 0 bridgehead atoms. The molecule has 2 aromatic carbocycles. The zero-order valence-electron chi connectivity index (χ0n) is 14.3. The number of thioether (sulfide) groups is 1. The second-order valence-corrected chi connectivity index (χ2v) is 7.16. The third kappa shape index (κ3) is 4.15. The van der Waals surface area contributed by atoms with Crippen LogP contribution in [0.25, 0.3) is 0 Å². The van der Waals surface area contributed by atoms with E-state index in [9.17, 15) is 9.18 Å². The normalized spacial score (nSPS) is 16.9. The van der Waals surface area contributed by atoms with Gasteiger partial charge in [-0.05, 0) is 36.8 Å². The van der Waals surface area contributed by atoms with Crippen molar-refractivity contribution >= 4 is 17.7 Å². The lowest BCUT2D eigenvalue weighted by atomic mass is 10.1. The van der Waals surface area contributed by atoms with E-state index in [-0.39, 0.29) is 17.1 Å². The van der Waals surface area contributed by atoms with Crippen LogP contribution in [0.1, 0.15) is 41.1 Å². The fraction of sp³-hybridized carbons (Fsp3) is 0.350. The van der Waals surface area contributed by atoms with E-state index in [0.717, 1.165) is 24.3 Å². The van der Waals surface area contributed by atoms with Crippen molar-refractivity contribution in [2.24, 2.45) is 0 Å². The summed E-state index contributed by atoms with van der Waals surface area (Å²) in [6.45, 7) is 3.42. The molecule has 25 heavy (non-hydrogen) atoms. The van der Waals surface area contributed by atoms with Gasteiger partial charge in [-0.1, -0.05) is 31.5 Å². The van der Waals surface area contributed by atoms with Gasteiger partial charge in [-0.3, -0.25) is 4.79 Å². The smallest absolute Gasteiger partial charge is 0.255 e. The Morgan fingerprint density at radius 3 is 2.72 bits per heavy atom. The SMILES string of the molecule is CCCCOc1ccc(C(=O)N2CCS[C@@H]2c2ccccc2F)cc1. The summed E-state index contributed by atoms with van der Waals surface area (Å²) in [5.41, 5.74) is 1.17. The molecule has 3 nitrogen and oxygen atoms in total. The number of hydrogen-bond donors (Lipinski definition) is 0. The van der Waals surface area contributed by atoms with Crippen molar-refractivity contribution < 1.29 is 13.9 Å². The minimum absolute atomic E-state index is 0.0710. The number of amides is 1. The van der Waals surface area contributed by atoms with Crippen molar-refractivity contribution in [3.63, 3.8) is 0 Å². The van der Waals surface area contributed by atoms with Crippen molar-refractivity contribution in [2.75, 3.05) is 18.9 Å². The molecular weight excluding hydrogens is 337 g/mol. The Kier molecular flexibility index (Phi) is 5.97. The lowest BCUT2D eigenvalue weighted by Gasteiger charge is -2.24. The summed E-state index contributed by atoms with van der Waals surface area (Å²) in [5.74, 6) is 1.24. The van der Waals surface area contributed by atoms with Gasteiger partial charge >= 0.3 is 0 Å². The highest BCUT2D eigenvalue weighted by atomic mass is 32.2. The van der Waals surface area contributed by atoms with Gasteiger partial charge in [0.15, 0.2) is 0 Å². The number of unbranched alkanes of at least 4 members (excludes halogenated alkanes) is 1. The quantitative estimate of drug-likeness (QED) is 0.688. The number of carbonyl (C=O) groups is 1. The van der Waals surface area contributed by atoms with Crippen molar-refractivity contribution in [3.05, 3.63) is 65.5 Å². The summed E-state index contributed by atoms with van der Waals surface area (Å²) < 4.78 is 19.7. The maximum Gasteiger partial charge on any atom is 0.255 e. The second-order valence-electron chi connectivity index (χ2n) is 5.97. The van der Waals surface area contributed by atoms with E-state index in [1.807, 2.05) is 18.2 Å². The molecule has 1 aliphatic rings. The molecule has 0 spiro atoms. The number of rotatable bonds is 6. The van der Waals surface area contributed by atoms with Gasteiger partial charge in [-0.25, -0.2) is 4.39 Å². The van der Waals surface area contributed by atoms with E-state index in [0.29, 0.717) is 24.3 Å². The predicted molar refractivity (Wildman–Crippen MR) is 99.5 cm³/mol. The third-order valence-electron chi connectivity index (χ3n) is 4.19. The van der Waals surface area contributed by atoms with E-state index in [1.54, 1.807) is 40.9 Å². The Morgan fingerprint density at radius 2 is 2.00 bits per heavy atom. The van der Waals surface area contributed by atoms with Gasteiger partial charge in [-0.15, -0.1) is 11.8 Å². The van der Waals surface area contributed by atoms with Crippen molar-refractivity contribution in [2.45, 2.75) is 25.1 Å². The maximum absolute atomic E-state index is 14.1. The minimum atomic E-state index is -0.269. The molecule has 0 aliphatic carbocycles. The van der Waals surface area contributed by atoms with Crippen LogP contribution in [0.3, 0.4) is 0 Å². The third-order valence-corrected chi connectivity index (χ3v) is 5.43. The Hall–Kier alpha value is -2.01. The predicted octanol–water partition coefficient (Wildman–Crippen LogP) is 4.89. The average Bonchev–Trinajstić information content (AvgIpc) is 3.12. The summed E-state index contributed by atoms with van der Waals surface area (Å²) >= 11 is 1.60. The number of ether oxygens (including phenoxy) is 1. The molecule has 5 heteroatoms. The molecule has 1 fully saturated rings. The van der Waals surface area contributed by atoms with Crippen LogP contribution in [0.4, 0.5) is 4.39 Å². The van der Waals surface area contributed by atoms with Crippen LogP contribution in [-0.4, -0.2) is 29.7 Å². The van der Waals surface area contributed by atoms with Crippen LogP contribution in [0.15, 0.2) is 48.5 Å². The Labute approximate surface area is 152 Å². The molecule has 0 unspecified atom stereocenters. The van der Waals surface area contributed by atoms with E-state index in [1.165, 1.54) is 6.07 Å². The van der Waals surface area contributed by atoms with E-state index >= 15 is 0 Å². The van der Waals surface area contributed by atoms with Gasteiger partial charge in [0.25, 0.3) is 5.91 Å². The molecule has 0 radical (unpaired) electrons. The highest BCUT2D eigenvalue weighted by molar-refractivity contribution is 7.99. The minimum Gasteiger partial charge on any atom is -0.494 e. The zero-order chi connectivity index (χ0) is 17.6. The van der Waals surface area contributed by atoms with Gasteiger partial charge in [-0.2, -0.15) is 0 Å². The summed E-state index contributed by atoms with van der Waals surface area (Å²) in [6, 6.07) is 13.9. The first-order chi connectivity index (χ1) is 12.2. The number of carbonyl (C=O) groups excluding carboxylic acids is 1. The standard InChI is InChI=1S/C20H22FNO2S/c1-2-3-13-24-16-10-8-15(9-11-16)19(23)22-12-14-25-20(22)17-6-4-5-7-18(17)21/h4-11,20H,2-3,12-14H2,1H3/t20-/m1/s1. The first kappa shape index (κ1) is 17.8. The van der Waals surface area contributed by atoms with Gasteiger partial charge < -0.3 is 9.64 Å². The molecule has 132 valence electrons. The van der Waals surface area contributed by atoms with Crippen LogP contribution >= 0.6 is 11.8 Å². The monoisotopic (exact) mass is 359 g/mol. The number of halogens is 1. The fourth-order valence-corrected chi connectivity index (χ4v) is 4.08. The van der Waals surface area contributed by atoms with Crippen molar-refractivity contribution in [1.82, 2.24) is 4.90 Å². The maximum atomic E-state index is 14.1. The summed E-state index contributed by atoms with van der Waals surface area (Å²) in [5, 5.41) is -0.269. The zero-order valence-corrected chi connectivity index (χ0v) is 15.1. The number of benzene rings is 2. The molecule has 0 N–H and O–H groups in total. The average molecular weight is 359 g/mol. The Bertz CT molecular complexity index is 720. The van der Waals surface area contributed by atoms with E-state index in [4.69, 9.17) is 4.74 Å². The summed E-state index contributed by atoms with van der Waals surface area (Å²) in [7, 11) is 0. The molecule has 0 saturated carbocycles. The topological polar surface area (TPSA) is 29.5 Å². The first-order valence-corrected chi connectivity index (χ1v) is 9.65. The summed E-state index contributed by atoms with van der Waals surface area (Å²) in [4.78, 5) is 14.6. The largest absolute Gasteiger partial charge is 0.494 e. The molecule has 1 heterocycles. The summed E-state index contributed by atoms with van der Waals surface area (Å²) in [6.07, 6.45) is 2.09. The molecule has 1 atom stereocenters. The molecule has 1 aliphatic heterocycles. The van der Waals surface area contributed by atoms with Crippen LogP contribution in [0, 0.1) is 5.82 Å². The Balaban J connectivity index is 1.72. The number of nitrogens with zero attached hydrogens (tertiary/aromatic N) is 1. The molecule has 2 aromatic rings. The Morgan fingerprint density at radius 1 is 1.24 bits per heavy atom. The fourth-order valence-electron chi connectivity index (χ4n) is 2.80. The molecule has 1 saturated heterocycles. The lowest BCUT2D eigenvalue weighted by Crippen LogP contribution is -2.30. The van der Waals surface area contributed by atoms with Gasteiger partial charge in [0, 0.05) is 23.4 Å². The second kappa shape index (κ2) is 8.39. The number of hydrogen-bond acceptors (Lipinski definition) is 3. The molecule has 0 aromatic heterocycles. The van der Waals surface area contributed by atoms with E-state index in [2.05, 4.69) is 6.92 Å². The van der Waals surface area contributed by atoms with Crippen LogP contribution in [-0.2, 0) is 0 Å². The van der Waals surface area contributed by atoms with Crippen molar-refractivity contribution in [1.29, 1.82) is 0 Å². The molecule has 1 amide bonds. The first-order valence-electron chi connectivity index (χ1n) is 8.60. The van der Waals surface area contributed by atoms with Gasteiger partial charge in [0.1, 0.15) is 16.9 Å². The van der Waals surface area contributed by atoms with Crippen LogP contribution in [0.5, 0.6) is 5.75 Å². The molecular formula is C20H22FNO2S. The highest BCUT2D eigenvalue weighted by Gasteiger charge is 2.32. The molecule has 3 rings (SSSR count).